The molecule has 0 heterocycles. The van der Waals surface area contributed by atoms with Crippen LogP contribution in [-0.4, -0.2) is 37.2 Å². The highest BCUT2D eigenvalue weighted by atomic mass is 32.2. The molecule has 0 aliphatic rings. The van der Waals surface area contributed by atoms with Crippen molar-refractivity contribution in [3.63, 3.8) is 0 Å². The summed E-state index contributed by atoms with van der Waals surface area (Å²) >= 11 is 0. The Hall–Kier alpha value is -1.58. The lowest BCUT2D eigenvalue weighted by atomic mass is 10.2. The van der Waals surface area contributed by atoms with Crippen LogP contribution in [0.15, 0.2) is 17.0 Å². The van der Waals surface area contributed by atoms with Crippen LogP contribution in [0.2, 0.25) is 0 Å². The van der Waals surface area contributed by atoms with E-state index in [-0.39, 0.29) is 6.54 Å². The number of benzene rings is 1. The van der Waals surface area contributed by atoms with Gasteiger partial charge in [0.1, 0.15) is 16.3 Å². The Labute approximate surface area is 107 Å². The Balaban J connectivity index is 3.29. The zero-order valence-corrected chi connectivity index (χ0v) is 10.5. The summed E-state index contributed by atoms with van der Waals surface area (Å²) in [6, 6.07) is 1.16. The van der Waals surface area contributed by atoms with Gasteiger partial charge in [-0.25, -0.2) is 26.7 Å². The van der Waals surface area contributed by atoms with Crippen LogP contribution in [0.4, 0.5) is 8.78 Å². The molecule has 1 aromatic rings. The van der Waals surface area contributed by atoms with Crippen molar-refractivity contribution >= 4 is 16.0 Å². The maximum Gasteiger partial charge on any atom is 0.341 e. The Morgan fingerprint density at radius 1 is 1.42 bits per heavy atom. The number of rotatable bonds is 5. The largest absolute Gasteiger partial charge is 0.477 e. The monoisotopic (exact) mass is 295 g/mol. The van der Waals surface area contributed by atoms with E-state index >= 15 is 0 Å². The first kappa shape index (κ1) is 15.5. The molecule has 0 saturated heterocycles. The quantitative estimate of drug-likeness (QED) is 0.726. The van der Waals surface area contributed by atoms with Crippen LogP contribution >= 0.6 is 0 Å². The minimum atomic E-state index is -4.37. The topological polar surface area (TPSA) is 104 Å². The molecule has 0 aromatic heterocycles. The van der Waals surface area contributed by atoms with E-state index in [9.17, 15) is 22.0 Å². The summed E-state index contributed by atoms with van der Waals surface area (Å²) in [6.07, 6.45) is -1.02. The van der Waals surface area contributed by atoms with Crippen molar-refractivity contribution in [2.75, 3.05) is 6.54 Å². The molecule has 0 radical (unpaired) electrons. The second kappa shape index (κ2) is 5.59. The fourth-order valence-corrected chi connectivity index (χ4v) is 2.45. The molecule has 1 atom stereocenters. The molecule has 0 fully saturated rings. The first-order valence-electron chi connectivity index (χ1n) is 5.06. The number of sulfonamides is 1. The van der Waals surface area contributed by atoms with Crippen molar-refractivity contribution in [2.45, 2.75) is 17.9 Å². The zero-order valence-electron chi connectivity index (χ0n) is 9.72. The van der Waals surface area contributed by atoms with Crippen LogP contribution in [0.1, 0.15) is 17.3 Å². The van der Waals surface area contributed by atoms with Crippen LogP contribution in [0.5, 0.6) is 0 Å². The molecule has 3 N–H and O–H groups in total. The number of halogens is 2. The van der Waals surface area contributed by atoms with Crippen LogP contribution < -0.4 is 4.72 Å². The van der Waals surface area contributed by atoms with Crippen molar-refractivity contribution < 1.29 is 32.2 Å². The summed E-state index contributed by atoms with van der Waals surface area (Å²) in [5.74, 6) is -4.98. The predicted octanol–water partition coefficient (Wildman–Crippen LogP) is 0.322. The van der Waals surface area contributed by atoms with Gasteiger partial charge in [0.2, 0.25) is 10.0 Å². The van der Waals surface area contributed by atoms with Gasteiger partial charge in [-0.3, -0.25) is 0 Å². The van der Waals surface area contributed by atoms with Crippen molar-refractivity contribution in [3.8, 4) is 0 Å². The zero-order chi connectivity index (χ0) is 14.8. The van der Waals surface area contributed by atoms with Gasteiger partial charge in [-0.2, -0.15) is 0 Å². The summed E-state index contributed by atoms with van der Waals surface area (Å²) in [5.41, 5.74) is -1.35. The van der Waals surface area contributed by atoms with Gasteiger partial charge in [-0.15, -0.1) is 0 Å². The summed E-state index contributed by atoms with van der Waals surface area (Å²) in [4.78, 5) is 9.66. The van der Waals surface area contributed by atoms with E-state index in [2.05, 4.69) is 0 Å². The maximum atomic E-state index is 13.7. The van der Waals surface area contributed by atoms with Crippen molar-refractivity contribution in [1.82, 2.24) is 4.72 Å². The minimum Gasteiger partial charge on any atom is -0.477 e. The fraction of sp³-hybridized carbons (Fsp3) is 0.300. The summed E-state index contributed by atoms with van der Waals surface area (Å²) < 4.78 is 52.0. The Morgan fingerprint density at radius 2 is 2.00 bits per heavy atom. The average molecular weight is 295 g/mol. The molecule has 6 nitrogen and oxygen atoms in total. The van der Waals surface area contributed by atoms with Gasteiger partial charge in [0, 0.05) is 6.54 Å². The van der Waals surface area contributed by atoms with Gasteiger partial charge in [0.15, 0.2) is 5.82 Å². The second-order valence-electron chi connectivity index (χ2n) is 3.74. The number of aromatic carboxylic acids is 1. The molecule has 0 amide bonds. The molecule has 1 unspecified atom stereocenters. The van der Waals surface area contributed by atoms with Gasteiger partial charge < -0.3 is 10.2 Å². The van der Waals surface area contributed by atoms with E-state index in [4.69, 9.17) is 10.2 Å². The van der Waals surface area contributed by atoms with Crippen LogP contribution in [-0.2, 0) is 10.0 Å². The molecule has 1 aromatic carbocycles. The highest BCUT2D eigenvalue weighted by Gasteiger charge is 2.26. The van der Waals surface area contributed by atoms with E-state index in [0.717, 1.165) is 0 Å². The molecule has 0 saturated carbocycles. The summed E-state index contributed by atoms with van der Waals surface area (Å²) in [6.45, 7) is 0.910. The molecule has 19 heavy (non-hydrogen) atoms. The lowest BCUT2D eigenvalue weighted by molar-refractivity contribution is 0.0685. The molecule has 0 aliphatic heterocycles. The van der Waals surface area contributed by atoms with Gasteiger partial charge in [-0.1, -0.05) is 0 Å². The summed E-state index contributed by atoms with van der Waals surface area (Å²) in [7, 11) is -4.37. The Kier molecular flexibility index (Phi) is 4.56. The van der Waals surface area contributed by atoms with Crippen molar-refractivity contribution in [1.29, 1.82) is 0 Å². The smallest absolute Gasteiger partial charge is 0.341 e. The van der Waals surface area contributed by atoms with E-state index in [1.54, 1.807) is 0 Å². The first-order chi connectivity index (χ1) is 8.66. The number of nitrogens with one attached hydrogen (secondary N) is 1. The number of aliphatic hydroxyl groups is 1. The lowest BCUT2D eigenvalue weighted by Gasteiger charge is -2.10. The minimum absolute atomic E-state index is 0.387. The number of carbonyl (C=O) groups is 1. The molecule has 9 heteroatoms. The molecular weight excluding hydrogens is 284 g/mol. The molecule has 106 valence electrons. The van der Waals surface area contributed by atoms with Gasteiger partial charge in [-0.05, 0) is 19.1 Å². The van der Waals surface area contributed by atoms with E-state index < -0.39 is 44.2 Å². The van der Waals surface area contributed by atoms with Crippen LogP contribution in [0.25, 0.3) is 0 Å². The molecule has 0 spiro atoms. The number of hydrogen-bond donors (Lipinski definition) is 3. The number of hydrogen-bond acceptors (Lipinski definition) is 4. The lowest BCUT2D eigenvalue weighted by Crippen LogP contribution is -2.31. The maximum absolute atomic E-state index is 13.7. The summed E-state index contributed by atoms with van der Waals surface area (Å²) in [5, 5.41) is 17.6. The van der Waals surface area contributed by atoms with Crippen molar-refractivity contribution in [2.24, 2.45) is 0 Å². The number of aliphatic hydroxyl groups excluding tert-OH is 1. The fourth-order valence-electron chi connectivity index (χ4n) is 1.25. The average Bonchev–Trinajstić information content (AvgIpc) is 2.25. The highest BCUT2D eigenvalue weighted by molar-refractivity contribution is 7.89. The van der Waals surface area contributed by atoms with Gasteiger partial charge in [0.25, 0.3) is 0 Å². The third-order valence-electron chi connectivity index (χ3n) is 2.13. The molecular formula is C10H11F2NO5S. The predicted molar refractivity (Wildman–Crippen MR) is 60.2 cm³/mol. The van der Waals surface area contributed by atoms with Crippen LogP contribution in [0, 0.1) is 11.6 Å². The van der Waals surface area contributed by atoms with E-state index in [1.807, 2.05) is 4.72 Å². The number of carboxylic acids is 1. The SMILES string of the molecule is CC(O)CNS(=O)(=O)c1ccc(F)c(C(=O)O)c1F. The normalized spacial score (nSPS) is 13.3. The number of carboxylic acid groups (broad SMARTS) is 1. The Morgan fingerprint density at radius 3 is 2.47 bits per heavy atom. The molecule has 1 rings (SSSR count). The Bertz CT molecular complexity index is 600. The van der Waals surface area contributed by atoms with Crippen LogP contribution in [0.3, 0.4) is 0 Å². The standard InChI is InChI=1S/C10H11F2NO5S/c1-5(14)4-13-19(17,18)7-3-2-6(11)8(9(7)12)10(15)16/h2-3,5,13-14H,4H2,1H3,(H,15,16). The third kappa shape index (κ3) is 3.46. The third-order valence-corrected chi connectivity index (χ3v) is 3.57. The first-order valence-corrected chi connectivity index (χ1v) is 6.54. The van der Waals surface area contributed by atoms with E-state index in [0.29, 0.717) is 12.1 Å². The van der Waals surface area contributed by atoms with Gasteiger partial charge >= 0.3 is 5.97 Å². The molecule has 0 bridgehead atoms. The van der Waals surface area contributed by atoms with E-state index in [1.165, 1.54) is 6.92 Å². The highest BCUT2D eigenvalue weighted by Crippen LogP contribution is 2.21. The van der Waals surface area contributed by atoms with Gasteiger partial charge in [0.05, 0.1) is 6.10 Å². The molecule has 0 aliphatic carbocycles. The van der Waals surface area contributed by atoms with Crippen molar-refractivity contribution in [3.05, 3.63) is 29.3 Å². The second-order valence-corrected chi connectivity index (χ2v) is 5.48.